The molecule has 0 radical (unpaired) electrons. The third-order valence-corrected chi connectivity index (χ3v) is 4.01. The molecular weight excluding hydrogens is 240 g/mol. The van der Waals surface area contributed by atoms with Gasteiger partial charge >= 0.3 is 0 Å². The summed E-state index contributed by atoms with van der Waals surface area (Å²) < 4.78 is 1.00. The van der Waals surface area contributed by atoms with E-state index in [1.807, 2.05) is 20.0 Å². The highest BCUT2D eigenvalue weighted by Crippen LogP contribution is 2.27. The molecule has 0 aliphatic carbocycles. The Morgan fingerprint density at radius 1 is 1.44 bits per heavy atom. The zero-order valence-corrected chi connectivity index (χ0v) is 10.7. The number of pyridine rings is 1. The topological polar surface area (TPSA) is 50.7 Å². The van der Waals surface area contributed by atoms with Crippen LogP contribution in [0.1, 0.15) is 10.6 Å². The van der Waals surface area contributed by atoms with Crippen LogP contribution in [-0.2, 0) is 5.75 Å². The lowest BCUT2D eigenvalue weighted by molar-refractivity contribution is 0.983. The standard InChI is InChI=1S/C10H12N4S2/c1-7-13-14-10(16-7)15-6-8-4-3-5-12-9(8)11-2/h3-5H,6H2,1-2H3,(H,11,12). The molecule has 0 amide bonds. The van der Waals surface area contributed by atoms with Gasteiger partial charge in [-0.15, -0.1) is 10.2 Å². The quantitative estimate of drug-likeness (QED) is 0.848. The van der Waals surface area contributed by atoms with Gasteiger partial charge < -0.3 is 5.32 Å². The van der Waals surface area contributed by atoms with E-state index in [0.717, 1.165) is 20.9 Å². The highest BCUT2D eigenvalue weighted by Gasteiger charge is 2.05. The molecule has 84 valence electrons. The van der Waals surface area contributed by atoms with E-state index < -0.39 is 0 Å². The predicted molar refractivity (Wildman–Crippen MR) is 68.0 cm³/mol. The lowest BCUT2D eigenvalue weighted by atomic mass is 10.3. The summed E-state index contributed by atoms with van der Waals surface area (Å²) in [5, 5.41) is 12.1. The maximum atomic E-state index is 4.26. The van der Waals surface area contributed by atoms with Crippen molar-refractivity contribution in [2.75, 3.05) is 12.4 Å². The number of nitrogens with one attached hydrogen (secondary N) is 1. The van der Waals surface area contributed by atoms with Crippen molar-refractivity contribution in [1.82, 2.24) is 15.2 Å². The molecule has 0 saturated carbocycles. The summed E-state index contributed by atoms with van der Waals surface area (Å²) in [6.45, 7) is 1.96. The zero-order valence-electron chi connectivity index (χ0n) is 9.10. The molecular formula is C10H12N4S2. The third kappa shape index (κ3) is 2.70. The van der Waals surface area contributed by atoms with Crippen molar-refractivity contribution >= 4 is 28.9 Å². The van der Waals surface area contributed by atoms with Gasteiger partial charge in [0.15, 0.2) is 4.34 Å². The predicted octanol–water partition coefficient (Wildman–Crippen LogP) is 2.58. The van der Waals surface area contributed by atoms with E-state index >= 15 is 0 Å². The van der Waals surface area contributed by atoms with E-state index in [2.05, 4.69) is 26.6 Å². The summed E-state index contributed by atoms with van der Waals surface area (Å²) in [5.41, 5.74) is 1.18. The second-order valence-corrected chi connectivity index (χ2v) is 5.54. The van der Waals surface area contributed by atoms with Gasteiger partial charge in [0, 0.05) is 24.6 Å². The highest BCUT2D eigenvalue weighted by atomic mass is 32.2. The van der Waals surface area contributed by atoms with Crippen molar-refractivity contribution in [3.05, 3.63) is 28.9 Å². The van der Waals surface area contributed by atoms with Crippen molar-refractivity contribution in [3.63, 3.8) is 0 Å². The van der Waals surface area contributed by atoms with Gasteiger partial charge in [0.2, 0.25) is 0 Å². The lowest BCUT2D eigenvalue weighted by Gasteiger charge is -2.05. The Hall–Kier alpha value is -1.14. The third-order valence-electron chi connectivity index (χ3n) is 1.99. The van der Waals surface area contributed by atoms with Crippen molar-refractivity contribution in [2.24, 2.45) is 0 Å². The summed E-state index contributed by atoms with van der Waals surface area (Å²) in [4.78, 5) is 4.26. The second kappa shape index (κ2) is 5.27. The van der Waals surface area contributed by atoms with Crippen LogP contribution in [0.25, 0.3) is 0 Å². The van der Waals surface area contributed by atoms with Gasteiger partial charge in [-0.3, -0.25) is 0 Å². The molecule has 2 rings (SSSR count). The first-order valence-corrected chi connectivity index (χ1v) is 6.64. The molecule has 0 aliphatic rings. The minimum Gasteiger partial charge on any atom is -0.373 e. The van der Waals surface area contributed by atoms with E-state index in [9.17, 15) is 0 Å². The Balaban J connectivity index is 2.04. The van der Waals surface area contributed by atoms with Crippen LogP contribution < -0.4 is 5.32 Å². The van der Waals surface area contributed by atoms with Gasteiger partial charge in [-0.1, -0.05) is 29.2 Å². The second-order valence-electron chi connectivity index (χ2n) is 3.14. The zero-order chi connectivity index (χ0) is 11.4. The largest absolute Gasteiger partial charge is 0.373 e. The molecule has 0 saturated heterocycles. The van der Waals surface area contributed by atoms with Gasteiger partial charge in [0.1, 0.15) is 10.8 Å². The molecule has 4 nitrogen and oxygen atoms in total. The normalized spacial score (nSPS) is 10.4. The SMILES string of the molecule is CNc1ncccc1CSc1nnc(C)s1. The van der Waals surface area contributed by atoms with Crippen LogP contribution >= 0.6 is 23.1 Å². The molecule has 2 aromatic heterocycles. The molecule has 0 unspecified atom stereocenters. The minimum absolute atomic E-state index is 0.860. The maximum Gasteiger partial charge on any atom is 0.174 e. The summed E-state index contributed by atoms with van der Waals surface area (Å²) in [6.07, 6.45) is 1.79. The first-order chi connectivity index (χ1) is 7.79. The van der Waals surface area contributed by atoms with Crippen LogP contribution in [0.4, 0.5) is 5.82 Å². The minimum atomic E-state index is 0.860. The molecule has 0 bridgehead atoms. The summed E-state index contributed by atoms with van der Waals surface area (Å²) >= 11 is 3.31. The Labute approximate surface area is 103 Å². The number of aromatic nitrogens is 3. The molecule has 0 aliphatic heterocycles. The van der Waals surface area contributed by atoms with Crippen LogP contribution in [0.2, 0.25) is 0 Å². The number of aryl methyl sites for hydroxylation is 1. The van der Waals surface area contributed by atoms with Crippen molar-refractivity contribution < 1.29 is 0 Å². The van der Waals surface area contributed by atoms with Crippen LogP contribution in [0.3, 0.4) is 0 Å². The number of rotatable bonds is 4. The summed E-state index contributed by atoms with van der Waals surface area (Å²) in [5.74, 6) is 1.79. The summed E-state index contributed by atoms with van der Waals surface area (Å²) in [7, 11) is 1.88. The molecule has 16 heavy (non-hydrogen) atoms. The van der Waals surface area contributed by atoms with Gasteiger partial charge in [0.25, 0.3) is 0 Å². The Morgan fingerprint density at radius 3 is 3.00 bits per heavy atom. The molecule has 2 heterocycles. The molecule has 2 aromatic rings. The molecule has 0 spiro atoms. The van der Waals surface area contributed by atoms with Crippen molar-refractivity contribution in [1.29, 1.82) is 0 Å². The Bertz CT molecular complexity index is 469. The van der Waals surface area contributed by atoms with Crippen molar-refractivity contribution in [2.45, 2.75) is 17.0 Å². The smallest absolute Gasteiger partial charge is 0.174 e. The van der Waals surface area contributed by atoms with E-state index in [1.54, 1.807) is 29.3 Å². The van der Waals surface area contributed by atoms with Crippen LogP contribution in [0.15, 0.2) is 22.7 Å². The van der Waals surface area contributed by atoms with Gasteiger partial charge in [-0.25, -0.2) is 4.98 Å². The average molecular weight is 252 g/mol. The molecule has 1 N–H and O–H groups in total. The molecule has 0 atom stereocenters. The maximum absolute atomic E-state index is 4.26. The summed E-state index contributed by atoms with van der Waals surface area (Å²) in [6, 6.07) is 4.02. The molecule has 6 heteroatoms. The van der Waals surface area contributed by atoms with Gasteiger partial charge in [-0.05, 0) is 13.0 Å². The fourth-order valence-corrected chi connectivity index (χ4v) is 3.06. The Kier molecular flexibility index (Phi) is 3.74. The van der Waals surface area contributed by atoms with Crippen molar-refractivity contribution in [3.8, 4) is 0 Å². The number of hydrogen-bond donors (Lipinski definition) is 1. The number of hydrogen-bond acceptors (Lipinski definition) is 6. The molecule has 0 aromatic carbocycles. The number of thioether (sulfide) groups is 1. The Morgan fingerprint density at radius 2 is 2.31 bits per heavy atom. The number of anilines is 1. The van der Waals surface area contributed by atoms with E-state index in [-0.39, 0.29) is 0 Å². The van der Waals surface area contributed by atoms with Crippen LogP contribution in [0, 0.1) is 6.92 Å². The fraction of sp³-hybridized carbons (Fsp3) is 0.300. The van der Waals surface area contributed by atoms with E-state index in [4.69, 9.17) is 0 Å². The first-order valence-electron chi connectivity index (χ1n) is 4.84. The van der Waals surface area contributed by atoms with E-state index in [0.29, 0.717) is 0 Å². The van der Waals surface area contributed by atoms with Crippen LogP contribution in [-0.4, -0.2) is 22.2 Å². The van der Waals surface area contributed by atoms with Gasteiger partial charge in [-0.2, -0.15) is 0 Å². The lowest BCUT2D eigenvalue weighted by Crippen LogP contribution is -1.96. The average Bonchev–Trinajstić information content (AvgIpc) is 2.73. The fourth-order valence-electron chi connectivity index (χ4n) is 1.26. The first kappa shape index (κ1) is 11.3. The molecule has 0 fully saturated rings. The monoisotopic (exact) mass is 252 g/mol. The highest BCUT2D eigenvalue weighted by molar-refractivity contribution is 8.00. The van der Waals surface area contributed by atoms with Gasteiger partial charge in [0.05, 0.1) is 0 Å². The van der Waals surface area contributed by atoms with E-state index in [1.165, 1.54) is 5.56 Å². The van der Waals surface area contributed by atoms with Crippen LogP contribution in [0.5, 0.6) is 0 Å². The number of nitrogens with zero attached hydrogens (tertiary/aromatic N) is 3.